The number of oxime groups is 1. The van der Waals surface area contributed by atoms with Gasteiger partial charge in [-0.2, -0.15) is 0 Å². The largest absolute Gasteiger partial charge is 0.473 e. The Morgan fingerprint density at radius 1 is 1.50 bits per heavy atom. The first-order valence-corrected chi connectivity index (χ1v) is 4.81. The van der Waals surface area contributed by atoms with Crippen LogP contribution in [0.5, 0.6) is 0 Å². The monoisotopic (exact) mass is 218 g/mol. The average molecular weight is 218 g/mol. The lowest BCUT2D eigenvalue weighted by Crippen LogP contribution is -2.19. The van der Waals surface area contributed by atoms with E-state index >= 15 is 0 Å². The zero-order valence-corrected chi connectivity index (χ0v) is 8.48. The summed E-state index contributed by atoms with van der Waals surface area (Å²) in [6.07, 6.45) is 0. The molecule has 2 rings (SSSR count). The smallest absolute Gasteiger partial charge is 0.238 e. The molecule has 0 fully saturated rings. The Morgan fingerprint density at radius 2 is 2.31 bits per heavy atom. The van der Waals surface area contributed by atoms with E-state index in [0.717, 1.165) is 5.56 Å². The summed E-state index contributed by atoms with van der Waals surface area (Å²) in [5.41, 5.74) is 9.35. The van der Waals surface area contributed by atoms with Crippen LogP contribution in [-0.2, 0) is 16.2 Å². The van der Waals surface area contributed by atoms with E-state index in [0.29, 0.717) is 12.5 Å². The lowest BCUT2D eigenvalue weighted by atomic mass is 10.2. The summed E-state index contributed by atoms with van der Waals surface area (Å²) >= 11 is 0. The minimum absolute atomic E-state index is 0.244. The maximum absolute atomic E-state index is 8.32. The first kappa shape index (κ1) is 10.3. The van der Waals surface area contributed by atoms with Crippen molar-refractivity contribution >= 4 is 5.90 Å². The van der Waals surface area contributed by atoms with Crippen molar-refractivity contribution in [1.29, 1.82) is 0 Å². The van der Waals surface area contributed by atoms with E-state index in [9.17, 15) is 0 Å². The molecule has 0 radical (unpaired) electrons. The summed E-state index contributed by atoms with van der Waals surface area (Å²) < 4.78 is 5.41. The highest BCUT2D eigenvalue weighted by Crippen LogP contribution is 2.10. The fourth-order valence-electron chi connectivity index (χ4n) is 1.30. The van der Waals surface area contributed by atoms with Crippen molar-refractivity contribution < 1.29 is 9.57 Å². The quantitative estimate of drug-likeness (QED) is 0.443. The third-order valence-corrected chi connectivity index (χ3v) is 2.09. The van der Waals surface area contributed by atoms with E-state index in [1.807, 2.05) is 30.3 Å². The van der Waals surface area contributed by atoms with Crippen LogP contribution in [0.2, 0.25) is 0 Å². The van der Waals surface area contributed by atoms with Crippen molar-refractivity contribution in [2.45, 2.75) is 12.6 Å². The highest BCUT2D eigenvalue weighted by molar-refractivity contribution is 5.82. The summed E-state index contributed by atoms with van der Waals surface area (Å²) in [6.45, 7) is 0.634. The number of ether oxygens (including phenoxy) is 1. The Kier molecular flexibility index (Phi) is 3.25. The van der Waals surface area contributed by atoms with Crippen LogP contribution in [0.25, 0.3) is 10.4 Å². The molecular weight excluding hydrogens is 208 g/mol. The summed E-state index contributed by atoms with van der Waals surface area (Å²) in [4.78, 5) is 7.52. The van der Waals surface area contributed by atoms with Gasteiger partial charge in [0.25, 0.3) is 0 Å². The molecule has 0 aromatic heterocycles. The van der Waals surface area contributed by atoms with Gasteiger partial charge in [-0.3, -0.25) is 0 Å². The molecule has 1 aliphatic heterocycles. The molecule has 1 aromatic carbocycles. The second kappa shape index (κ2) is 5.04. The van der Waals surface area contributed by atoms with Crippen molar-refractivity contribution in [3.05, 3.63) is 46.3 Å². The Bertz CT molecular complexity index is 426. The van der Waals surface area contributed by atoms with Gasteiger partial charge in [-0.25, -0.2) is 0 Å². The van der Waals surface area contributed by atoms with Gasteiger partial charge in [0.2, 0.25) is 5.90 Å². The fourth-order valence-corrected chi connectivity index (χ4v) is 1.30. The van der Waals surface area contributed by atoms with Gasteiger partial charge in [-0.15, -0.1) is 0 Å². The van der Waals surface area contributed by atoms with Crippen molar-refractivity contribution in [3.63, 3.8) is 0 Å². The topological polar surface area (TPSA) is 79.6 Å². The van der Waals surface area contributed by atoms with Crippen molar-refractivity contribution in [2.24, 2.45) is 10.3 Å². The number of hydrogen-bond donors (Lipinski definition) is 0. The molecule has 0 spiro atoms. The molecule has 0 bridgehead atoms. The minimum Gasteiger partial charge on any atom is -0.473 e. The van der Waals surface area contributed by atoms with Crippen molar-refractivity contribution in [2.75, 3.05) is 6.61 Å². The van der Waals surface area contributed by atoms with E-state index in [-0.39, 0.29) is 6.61 Å². The van der Waals surface area contributed by atoms with Crippen molar-refractivity contribution in [1.82, 2.24) is 0 Å². The Balaban J connectivity index is 1.93. The molecule has 1 heterocycles. The molecule has 82 valence electrons. The van der Waals surface area contributed by atoms with Gasteiger partial charge < -0.3 is 9.57 Å². The van der Waals surface area contributed by atoms with Gasteiger partial charge in [0.15, 0.2) is 6.04 Å². The summed E-state index contributed by atoms with van der Waals surface area (Å²) in [6, 6.07) is 9.22. The van der Waals surface area contributed by atoms with E-state index in [1.165, 1.54) is 0 Å². The van der Waals surface area contributed by atoms with Crippen molar-refractivity contribution in [3.8, 4) is 0 Å². The summed E-state index contributed by atoms with van der Waals surface area (Å²) in [5.74, 6) is 0.335. The van der Waals surface area contributed by atoms with Crippen LogP contribution in [0.4, 0.5) is 0 Å². The highest BCUT2D eigenvalue weighted by atomic mass is 16.7. The summed E-state index contributed by atoms with van der Waals surface area (Å²) in [7, 11) is 0. The van der Waals surface area contributed by atoms with Gasteiger partial charge in [0.05, 0.1) is 0 Å². The van der Waals surface area contributed by atoms with Crippen LogP contribution >= 0.6 is 0 Å². The van der Waals surface area contributed by atoms with Gasteiger partial charge >= 0.3 is 0 Å². The van der Waals surface area contributed by atoms with Crippen LogP contribution in [0.3, 0.4) is 0 Å². The maximum Gasteiger partial charge on any atom is 0.238 e. The molecule has 0 saturated carbocycles. The molecule has 6 heteroatoms. The second-order valence-electron chi connectivity index (χ2n) is 3.22. The Morgan fingerprint density at radius 3 is 3.06 bits per heavy atom. The number of nitrogens with zero attached hydrogens (tertiary/aromatic N) is 4. The third kappa shape index (κ3) is 2.43. The number of hydrogen-bond acceptors (Lipinski definition) is 4. The summed E-state index contributed by atoms with van der Waals surface area (Å²) in [5, 5.41) is 7.20. The highest BCUT2D eigenvalue weighted by Gasteiger charge is 2.23. The van der Waals surface area contributed by atoms with Crippen LogP contribution in [0.1, 0.15) is 5.56 Å². The second-order valence-corrected chi connectivity index (χ2v) is 3.22. The van der Waals surface area contributed by atoms with E-state index in [2.05, 4.69) is 15.2 Å². The molecule has 0 N–H and O–H groups in total. The van der Waals surface area contributed by atoms with Gasteiger partial charge in [-0.1, -0.05) is 40.6 Å². The zero-order valence-electron chi connectivity index (χ0n) is 8.48. The van der Waals surface area contributed by atoms with Gasteiger partial charge in [0.1, 0.15) is 13.2 Å². The number of azide groups is 1. The fraction of sp³-hybridized carbons (Fsp3) is 0.300. The third-order valence-electron chi connectivity index (χ3n) is 2.09. The molecule has 6 nitrogen and oxygen atoms in total. The lowest BCUT2D eigenvalue weighted by Gasteiger charge is -2.06. The molecule has 1 aliphatic rings. The van der Waals surface area contributed by atoms with E-state index < -0.39 is 6.04 Å². The first-order chi connectivity index (χ1) is 7.90. The normalized spacial score (nSPS) is 18.2. The Labute approximate surface area is 92.1 Å². The number of benzene rings is 1. The van der Waals surface area contributed by atoms with Gasteiger partial charge in [0, 0.05) is 4.91 Å². The molecule has 16 heavy (non-hydrogen) atoms. The minimum atomic E-state index is -0.450. The number of rotatable bonds is 3. The molecule has 1 aromatic rings. The SMILES string of the molecule is [N-]=[N+]=NC1CON=C1OCc1ccccc1. The zero-order chi connectivity index (χ0) is 11.2. The predicted octanol–water partition coefficient (Wildman–Crippen LogP) is 2.23. The van der Waals surface area contributed by atoms with Crippen LogP contribution < -0.4 is 0 Å². The molecule has 1 unspecified atom stereocenters. The van der Waals surface area contributed by atoms with Crippen LogP contribution in [-0.4, -0.2) is 18.5 Å². The molecule has 1 atom stereocenters. The molecule has 0 amide bonds. The van der Waals surface area contributed by atoms with E-state index in [1.54, 1.807) is 0 Å². The van der Waals surface area contributed by atoms with Gasteiger partial charge in [-0.05, 0) is 11.1 Å². The Hall–Kier alpha value is -2.20. The van der Waals surface area contributed by atoms with E-state index in [4.69, 9.17) is 15.1 Å². The average Bonchev–Trinajstić information content (AvgIpc) is 2.76. The standard InChI is InChI=1S/C10H10N4O2/c11-14-12-9-7-16-13-10(9)15-6-8-4-2-1-3-5-8/h1-5,9H,6-7H2. The molecule has 0 aliphatic carbocycles. The first-order valence-electron chi connectivity index (χ1n) is 4.81. The van der Waals surface area contributed by atoms with Crippen LogP contribution in [0, 0.1) is 0 Å². The maximum atomic E-state index is 8.32. The molecular formula is C10H10N4O2. The lowest BCUT2D eigenvalue weighted by molar-refractivity contribution is 0.165. The predicted molar refractivity (Wildman–Crippen MR) is 57.6 cm³/mol. The molecule has 0 saturated heterocycles. The van der Waals surface area contributed by atoms with Crippen LogP contribution in [0.15, 0.2) is 40.6 Å².